The Morgan fingerprint density at radius 1 is 1.11 bits per heavy atom. The fourth-order valence-electron chi connectivity index (χ4n) is 5.14. The molecule has 1 amide bonds. The van der Waals surface area contributed by atoms with Crippen LogP contribution in [0.1, 0.15) is 67.0 Å². The SMILES string of the molecule is Cc1cnc(NC(=O)c2n[nH]c(CC3CCCCC3)n2)cc1-c1cc(OCC2CCOCC2)ccc1Cl. The molecule has 1 aromatic carbocycles. The normalized spacial score (nSPS) is 17.0. The minimum Gasteiger partial charge on any atom is -0.493 e. The lowest BCUT2D eigenvalue weighted by Gasteiger charge is -2.22. The minimum atomic E-state index is -0.395. The van der Waals surface area contributed by atoms with Crippen LogP contribution in [0.5, 0.6) is 5.75 Å². The van der Waals surface area contributed by atoms with Crippen molar-refractivity contribution in [2.75, 3.05) is 25.1 Å². The highest BCUT2D eigenvalue weighted by molar-refractivity contribution is 6.33. The number of anilines is 1. The van der Waals surface area contributed by atoms with Crippen LogP contribution in [-0.4, -0.2) is 45.9 Å². The minimum absolute atomic E-state index is 0.122. The van der Waals surface area contributed by atoms with Crippen LogP contribution in [0.3, 0.4) is 0 Å². The third-order valence-electron chi connectivity index (χ3n) is 7.34. The molecule has 1 aliphatic carbocycles. The number of aromatic nitrogens is 4. The standard InChI is InChI=1S/C28H34ClN5O3/c1-18-16-30-25(32-28(35)27-31-26(33-34-27)13-19-5-3-2-4-6-19)15-22(18)23-14-21(7-8-24(23)29)37-17-20-9-11-36-12-10-20/h7-8,14-16,19-20H,2-6,9-13,17H2,1H3,(H,30,32,35)(H,31,33,34). The number of nitrogens with one attached hydrogen (secondary N) is 2. The van der Waals surface area contributed by atoms with Gasteiger partial charge >= 0.3 is 0 Å². The zero-order valence-electron chi connectivity index (χ0n) is 21.3. The van der Waals surface area contributed by atoms with Crippen molar-refractivity contribution in [3.8, 4) is 16.9 Å². The summed E-state index contributed by atoms with van der Waals surface area (Å²) in [5.74, 6) is 2.77. The molecule has 5 rings (SSSR count). The summed E-state index contributed by atoms with van der Waals surface area (Å²) >= 11 is 6.58. The molecule has 1 saturated carbocycles. The van der Waals surface area contributed by atoms with Gasteiger partial charge in [0.15, 0.2) is 0 Å². The monoisotopic (exact) mass is 523 g/mol. The van der Waals surface area contributed by atoms with Gasteiger partial charge in [0, 0.05) is 36.4 Å². The van der Waals surface area contributed by atoms with Crippen molar-refractivity contribution in [1.82, 2.24) is 20.2 Å². The Balaban J connectivity index is 1.27. The first-order chi connectivity index (χ1) is 18.0. The van der Waals surface area contributed by atoms with E-state index < -0.39 is 5.91 Å². The Bertz CT molecular complexity index is 1220. The number of ether oxygens (including phenoxy) is 2. The molecule has 0 unspecified atom stereocenters. The van der Waals surface area contributed by atoms with Crippen LogP contribution >= 0.6 is 11.6 Å². The first-order valence-electron chi connectivity index (χ1n) is 13.2. The van der Waals surface area contributed by atoms with Crippen molar-refractivity contribution < 1.29 is 14.3 Å². The first-order valence-corrected chi connectivity index (χ1v) is 13.6. The van der Waals surface area contributed by atoms with Crippen molar-refractivity contribution >= 4 is 23.3 Å². The van der Waals surface area contributed by atoms with Crippen molar-refractivity contribution in [3.63, 3.8) is 0 Å². The van der Waals surface area contributed by atoms with Gasteiger partial charge in [0.2, 0.25) is 5.82 Å². The zero-order valence-corrected chi connectivity index (χ0v) is 22.0. The number of hydrogen-bond acceptors (Lipinski definition) is 6. The molecule has 3 heterocycles. The van der Waals surface area contributed by atoms with Crippen LogP contribution in [0.2, 0.25) is 5.02 Å². The molecule has 9 heteroatoms. The number of amides is 1. The molecule has 2 N–H and O–H groups in total. The number of halogens is 1. The summed E-state index contributed by atoms with van der Waals surface area (Å²) in [5, 5.41) is 10.5. The molecule has 37 heavy (non-hydrogen) atoms. The largest absolute Gasteiger partial charge is 0.493 e. The fraction of sp³-hybridized carbons (Fsp3) is 0.500. The number of nitrogens with zero attached hydrogens (tertiary/aromatic N) is 3. The summed E-state index contributed by atoms with van der Waals surface area (Å²) in [6.45, 7) is 4.20. The van der Waals surface area contributed by atoms with E-state index in [2.05, 4.69) is 25.5 Å². The van der Waals surface area contributed by atoms with E-state index in [-0.39, 0.29) is 5.82 Å². The van der Waals surface area contributed by atoms with Gasteiger partial charge in [-0.15, -0.1) is 5.10 Å². The van der Waals surface area contributed by atoms with Crippen LogP contribution in [0, 0.1) is 18.8 Å². The lowest BCUT2D eigenvalue weighted by molar-refractivity contribution is 0.0497. The summed E-state index contributed by atoms with van der Waals surface area (Å²) < 4.78 is 11.5. The maximum atomic E-state index is 12.9. The number of pyridine rings is 1. The third kappa shape index (κ3) is 6.67. The number of rotatable bonds is 8. The number of carbonyl (C=O) groups is 1. The Morgan fingerprint density at radius 3 is 2.73 bits per heavy atom. The fourth-order valence-corrected chi connectivity index (χ4v) is 5.35. The second-order valence-corrected chi connectivity index (χ2v) is 10.6. The summed E-state index contributed by atoms with van der Waals surface area (Å²) in [6, 6.07) is 7.50. The molecular formula is C28H34ClN5O3. The Kier molecular flexibility index (Phi) is 8.36. The molecule has 196 valence electrons. The van der Waals surface area contributed by atoms with Crippen LogP contribution in [0.4, 0.5) is 5.82 Å². The van der Waals surface area contributed by atoms with Gasteiger partial charge in [0.1, 0.15) is 17.4 Å². The molecule has 2 aromatic heterocycles. The molecular weight excluding hydrogens is 490 g/mol. The predicted molar refractivity (Wildman–Crippen MR) is 143 cm³/mol. The number of aromatic amines is 1. The molecule has 0 bridgehead atoms. The molecule has 0 spiro atoms. The number of hydrogen-bond donors (Lipinski definition) is 2. The van der Waals surface area contributed by atoms with E-state index in [1.165, 1.54) is 32.1 Å². The average Bonchev–Trinajstić information content (AvgIpc) is 3.39. The third-order valence-corrected chi connectivity index (χ3v) is 7.67. The highest BCUT2D eigenvalue weighted by Crippen LogP contribution is 2.35. The summed E-state index contributed by atoms with van der Waals surface area (Å²) in [7, 11) is 0. The maximum absolute atomic E-state index is 12.9. The van der Waals surface area contributed by atoms with Gasteiger partial charge in [-0.2, -0.15) is 0 Å². The summed E-state index contributed by atoms with van der Waals surface area (Å²) in [5.41, 5.74) is 2.64. The van der Waals surface area contributed by atoms with Crippen LogP contribution in [-0.2, 0) is 11.2 Å². The second kappa shape index (κ2) is 12.0. The molecule has 8 nitrogen and oxygen atoms in total. The summed E-state index contributed by atoms with van der Waals surface area (Å²) in [4.78, 5) is 21.7. The van der Waals surface area contributed by atoms with Crippen molar-refractivity contribution in [3.05, 3.63) is 52.7 Å². The zero-order chi connectivity index (χ0) is 25.6. The van der Waals surface area contributed by atoms with Crippen LogP contribution < -0.4 is 10.1 Å². The van der Waals surface area contributed by atoms with Crippen molar-refractivity contribution in [1.29, 1.82) is 0 Å². The molecule has 0 radical (unpaired) electrons. The van der Waals surface area contributed by atoms with Gasteiger partial charge in [-0.05, 0) is 67.0 Å². The maximum Gasteiger partial charge on any atom is 0.296 e. The Morgan fingerprint density at radius 2 is 1.92 bits per heavy atom. The van der Waals surface area contributed by atoms with E-state index in [9.17, 15) is 4.79 Å². The van der Waals surface area contributed by atoms with Gasteiger partial charge in [-0.1, -0.05) is 43.7 Å². The van der Waals surface area contributed by atoms with Crippen LogP contribution in [0.15, 0.2) is 30.5 Å². The Hall–Kier alpha value is -2.97. The summed E-state index contributed by atoms with van der Waals surface area (Å²) in [6.07, 6.45) is 10.9. The molecule has 0 atom stereocenters. The van der Waals surface area contributed by atoms with E-state index in [1.807, 2.05) is 31.2 Å². The highest BCUT2D eigenvalue weighted by atomic mass is 35.5. The number of aryl methyl sites for hydroxylation is 1. The van der Waals surface area contributed by atoms with Gasteiger partial charge in [-0.25, -0.2) is 9.97 Å². The Labute approximate surface area is 222 Å². The number of carbonyl (C=O) groups excluding carboxylic acids is 1. The molecule has 1 aliphatic heterocycles. The van der Waals surface area contributed by atoms with Gasteiger partial charge < -0.3 is 14.8 Å². The van der Waals surface area contributed by atoms with Gasteiger partial charge in [-0.3, -0.25) is 9.89 Å². The van der Waals surface area contributed by atoms with E-state index in [0.717, 1.165) is 60.7 Å². The second-order valence-electron chi connectivity index (χ2n) is 10.2. The van der Waals surface area contributed by atoms with E-state index >= 15 is 0 Å². The highest BCUT2D eigenvalue weighted by Gasteiger charge is 2.20. The van der Waals surface area contributed by atoms with Gasteiger partial charge in [0.05, 0.1) is 6.61 Å². The van der Waals surface area contributed by atoms with E-state index in [0.29, 0.717) is 29.3 Å². The van der Waals surface area contributed by atoms with Crippen LogP contribution in [0.25, 0.3) is 11.1 Å². The van der Waals surface area contributed by atoms with Gasteiger partial charge in [0.25, 0.3) is 5.91 Å². The van der Waals surface area contributed by atoms with Crippen molar-refractivity contribution in [2.45, 2.75) is 58.3 Å². The van der Waals surface area contributed by atoms with E-state index in [1.54, 1.807) is 6.20 Å². The quantitative estimate of drug-likeness (QED) is 0.375. The lowest BCUT2D eigenvalue weighted by Crippen LogP contribution is -2.21. The molecule has 2 aliphatic rings. The van der Waals surface area contributed by atoms with E-state index in [4.69, 9.17) is 21.1 Å². The molecule has 2 fully saturated rings. The first kappa shape index (κ1) is 25.7. The lowest BCUT2D eigenvalue weighted by atomic mass is 9.87. The molecule has 3 aromatic rings. The predicted octanol–water partition coefficient (Wildman–Crippen LogP) is 6.01. The van der Waals surface area contributed by atoms with Crippen molar-refractivity contribution in [2.24, 2.45) is 11.8 Å². The number of H-pyrrole nitrogens is 1. The topological polar surface area (TPSA) is 102 Å². The average molecular weight is 524 g/mol. The number of benzene rings is 1. The molecule has 1 saturated heterocycles. The smallest absolute Gasteiger partial charge is 0.296 e.